The van der Waals surface area contributed by atoms with Gasteiger partial charge in [-0.25, -0.2) is 4.98 Å². The summed E-state index contributed by atoms with van der Waals surface area (Å²) in [5, 5.41) is 1.29. The van der Waals surface area contributed by atoms with E-state index in [1.165, 1.54) is 12.8 Å². The van der Waals surface area contributed by atoms with Gasteiger partial charge in [-0.3, -0.25) is 0 Å². The van der Waals surface area contributed by atoms with Crippen molar-refractivity contribution in [1.29, 1.82) is 0 Å². The number of aromatic amines is 1. The third-order valence-electron chi connectivity index (χ3n) is 5.16. The summed E-state index contributed by atoms with van der Waals surface area (Å²) in [6.45, 7) is 2.21. The maximum Gasteiger partial charge on any atom is 0.127 e. The molecule has 3 nitrogen and oxygen atoms in total. The number of rotatable bonds is 9. The highest BCUT2D eigenvalue weighted by Crippen LogP contribution is 2.34. The maximum absolute atomic E-state index is 6.95. The molecule has 0 fully saturated rings. The molecule has 0 amide bonds. The SMILES string of the molecule is CCCCCCC(N)(Cc1c(Cl)cccc1Cl)c1ncc(-c2ccccc2)[nH]1. The first-order valence-electron chi connectivity index (χ1n) is 9.86. The Morgan fingerprint density at radius 1 is 0.964 bits per heavy atom. The molecule has 3 rings (SSSR count). The quantitative estimate of drug-likeness (QED) is 0.379. The normalized spacial score (nSPS) is 13.4. The van der Waals surface area contributed by atoms with Crippen LogP contribution in [0.5, 0.6) is 0 Å². The van der Waals surface area contributed by atoms with E-state index in [0.717, 1.165) is 41.9 Å². The largest absolute Gasteiger partial charge is 0.340 e. The Bertz CT molecular complexity index is 872. The number of hydrogen-bond donors (Lipinski definition) is 2. The maximum atomic E-state index is 6.95. The first-order chi connectivity index (χ1) is 13.5. The molecule has 28 heavy (non-hydrogen) atoms. The minimum atomic E-state index is -0.657. The molecule has 0 aliphatic rings. The van der Waals surface area contributed by atoms with Crippen LogP contribution < -0.4 is 5.73 Å². The summed E-state index contributed by atoms with van der Waals surface area (Å²) >= 11 is 12.9. The molecule has 5 heteroatoms. The number of benzene rings is 2. The molecule has 1 unspecified atom stereocenters. The monoisotopic (exact) mass is 415 g/mol. The lowest BCUT2D eigenvalue weighted by atomic mass is 9.85. The molecule has 0 bridgehead atoms. The summed E-state index contributed by atoms with van der Waals surface area (Å²) in [6.07, 6.45) is 7.79. The van der Waals surface area contributed by atoms with Gasteiger partial charge in [0.1, 0.15) is 5.82 Å². The average Bonchev–Trinajstić information content (AvgIpc) is 3.20. The zero-order valence-electron chi connectivity index (χ0n) is 16.2. The van der Waals surface area contributed by atoms with Crippen LogP contribution in [0.25, 0.3) is 11.3 Å². The van der Waals surface area contributed by atoms with Gasteiger partial charge in [0.25, 0.3) is 0 Å². The summed E-state index contributed by atoms with van der Waals surface area (Å²) < 4.78 is 0. The Morgan fingerprint density at radius 2 is 1.68 bits per heavy atom. The lowest BCUT2D eigenvalue weighted by Gasteiger charge is -2.29. The van der Waals surface area contributed by atoms with Crippen molar-refractivity contribution >= 4 is 23.2 Å². The van der Waals surface area contributed by atoms with Crippen molar-refractivity contribution in [2.75, 3.05) is 0 Å². The number of hydrogen-bond acceptors (Lipinski definition) is 2. The number of nitrogens with one attached hydrogen (secondary N) is 1. The molecular formula is C23H27Cl2N3. The number of imidazole rings is 1. The van der Waals surface area contributed by atoms with Crippen molar-refractivity contribution in [1.82, 2.24) is 9.97 Å². The van der Waals surface area contributed by atoms with Gasteiger partial charge in [0.15, 0.2) is 0 Å². The van der Waals surface area contributed by atoms with E-state index in [9.17, 15) is 0 Å². The molecule has 2 aromatic carbocycles. The second-order valence-corrected chi connectivity index (χ2v) is 8.17. The van der Waals surface area contributed by atoms with Crippen LogP contribution in [0.4, 0.5) is 0 Å². The summed E-state index contributed by atoms with van der Waals surface area (Å²) in [5.41, 5.74) is 9.22. The Morgan fingerprint density at radius 3 is 2.36 bits per heavy atom. The van der Waals surface area contributed by atoms with Gasteiger partial charge in [-0.05, 0) is 29.7 Å². The van der Waals surface area contributed by atoms with Crippen LogP contribution in [-0.2, 0) is 12.0 Å². The molecule has 0 aliphatic carbocycles. The van der Waals surface area contributed by atoms with Crippen LogP contribution in [0, 0.1) is 0 Å². The van der Waals surface area contributed by atoms with Gasteiger partial charge in [-0.2, -0.15) is 0 Å². The molecule has 3 aromatic rings. The highest BCUT2D eigenvalue weighted by Gasteiger charge is 2.32. The predicted octanol–water partition coefficient (Wildman–Crippen LogP) is 6.75. The third-order valence-corrected chi connectivity index (χ3v) is 5.87. The first kappa shape index (κ1) is 20.9. The van der Waals surface area contributed by atoms with E-state index in [2.05, 4.69) is 29.0 Å². The average molecular weight is 416 g/mol. The summed E-state index contributed by atoms with van der Waals surface area (Å²) in [7, 11) is 0. The molecule has 0 saturated carbocycles. The van der Waals surface area contributed by atoms with Crippen LogP contribution in [-0.4, -0.2) is 9.97 Å². The highest BCUT2D eigenvalue weighted by atomic mass is 35.5. The molecule has 1 atom stereocenters. The van der Waals surface area contributed by atoms with Crippen molar-refractivity contribution in [3.05, 3.63) is 76.2 Å². The van der Waals surface area contributed by atoms with Gasteiger partial charge in [-0.15, -0.1) is 0 Å². The second-order valence-electron chi connectivity index (χ2n) is 7.36. The first-order valence-corrected chi connectivity index (χ1v) is 10.6. The van der Waals surface area contributed by atoms with Crippen molar-refractivity contribution < 1.29 is 0 Å². The van der Waals surface area contributed by atoms with Crippen LogP contribution in [0.1, 0.15) is 50.4 Å². The van der Waals surface area contributed by atoms with E-state index in [4.69, 9.17) is 28.9 Å². The van der Waals surface area contributed by atoms with Gasteiger partial charge >= 0.3 is 0 Å². The number of aromatic nitrogens is 2. The second kappa shape index (κ2) is 9.60. The zero-order valence-corrected chi connectivity index (χ0v) is 17.7. The van der Waals surface area contributed by atoms with Crippen LogP contribution >= 0.6 is 23.2 Å². The van der Waals surface area contributed by atoms with Crippen LogP contribution in [0.3, 0.4) is 0 Å². The fraction of sp³-hybridized carbons (Fsp3) is 0.348. The van der Waals surface area contributed by atoms with Crippen LogP contribution in [0.2, 0.25) is 10.0 Å². The van der Waals surface area contributed by atoms with Gasteiger partial charge < -0.3 is 10.7 Å². The Balaban J connectivity index is 1.91. The molecule has 0 aliphatic heterocycles. The van der Waals surface area contributed by atoms with Gasteiger partial charge in [0.05, 0.1) is 17.4 Å². The predicted molar refractivity (Wildman–Crippen MR) is 119 cm³/mol. The fourth-order valence-corrected chi connectivity index (χ4v) is 4.04. The molecule has 148 valence electrons. The minimum absolute atomic E-state index is 0.541. The molecule has 0 radical (unpaired) electrons. The molecule has 0 spiro atoms. The Hall–Kier alpha value is -1.81. The summed E-state index contributed by atoms with van der Waals surface area (Å²) in [4.78, 5) is 8.10. The highest BCUT2D eigenvalue weighted by molar-refractivity contribution is 6.36. The standard InChI is InChI=1S/C23H27Cl2N3/c1-2-3-4-8-14-23(26,15-18-19(24)12-9-13-20(18)25)22-27-16-21(28-22)17-10-6-5-7-11-17/h5-7,9-13,16H,2-4,8,14-15,26H2,1H3,(H,27,28). The minimum Gasteiger partial charge on any atom is -0.340 e. The number of unbranched alkanes of at least 4 members (excludes halogenated alkanes) is 3. The topological polar surface area (TPSA) is 54.7 Å². The van der Waals surface area contributed by atoms with E-state index < -0.39 is 5.54 Å². The van der Waals surface area contributed by atoms with Crippen molar-refractivity contribution in [2.45, 2.75) is 51.0 Å². The van der Waals surface area contributed by atoms with Crippen molar-refractivity contribution in [2.24, 2.45) is 5.73 Å². The van der Waals surface area contributed by atoms with E-state index >= 15 is 0 Å². The number of H-pyrrole nitrogens is 1. The van der Waals surface area contributed by atoms with Gasteiger partial charge in [-0.1, -0.05) is 92.2 Å². The Labute approximate surface area is 177 Å². The summed E-state index contributed by atoms with van der Waals surface area (Å²) in [6, 6.07) is 15.7. The molecule has 1 aromatic heterocycles. The van der Waals surface area contributed by atoms with E-state index in [-0.39, 0.29) is 0 Å². The fourth-order valence-electron chi connectivity index (χ4n) is 3.51. The number of nitrogens with zero attached hydrogens (tertiary/aromatic N) is 1. The lowest BCUT2D eigenvalue weighted by molar-refractivity contribution is 0.366. The van der Waals surface area contributed by atoms with Crippen molar-refractivity contribution in [3.8, 4) is 11.3 Å². The molecular weight excluding hydrogens is 389 g/mol. The van der Waals surface area contributed by atoms with E-state index in [1.54, 1.807) is 0 Å². The summed E-state index contributed by atoms with van der Waals surface area (Å²) in [5.74, 6) is 0.777. The zero-order chi connectivity index (χ0) is 20.0. The van der Waals surface area contributed by atoms with Gasteiger partial charge in [0.2, 0.25) is 0 Å². The smallest absolute Gasteiger partial charge is 0.127 e. The number of nitrogens with two attached hydrogens (primary N) is 1. The van der Waals surface area contributed by atoms with Crippen molar-refractivity contribution in [3.63, 3.8) is 0 Å². The number of halogens is 2. The third kappa shape index (κ3) is 4.96. The molecule has 1 heterocycles. The van der Waals surface area contributed by atoms with E-state index in [0.29, 0.717) is 16.5 Å². The lowest BCUT2D eigenvalue weighted by Crippen LogP contribution is -2.40. The van der Waals surface area contributed by atoms with Gasteiger partial charge in [0, 0.05) is 16.5 Å². The van der Waals surface area contributed by atoms with Crippen LogP contribution in [0.15, 0.2) is 54.7 Å². The molecule has 3 N–H and O–H groups in total. The molecule has 0 saturated heterocycles. The van der Waals surface area contributed by atoms with E-state index in [1.807, 2.05) is 42.6 Å². The Kier molecular flexibility index (Phi) is 7.17.